The monoisotopic (exact) mass is 1350 g/mol. The number of phosphoric ester groups is 2. The fourth-order valence-corrected chi connectivity index (χ4v) is 11.0. The number of hydrogen-bond donors (Lipinski definition) is 4. The molecule has 0 spiro atoms. The minimum Gasteiger partial charge on any atom is -0.463 e. The quantitative estimate of drug-likeness (QED) is 0.0146. The molecule has 0 aromatic carbocycles. The average molecular weight is 1350 g/mol. The van der Waals surface area contributed by atoms with Crippen molar-refractivity contribution < 1.29 is 75.8 Å². The van der Waals surface area contributed by atoms with Gasteiger partial charge in [-0.15, -0.1) is 0 Å². The van der Waals surface area contributed by atoms with Crippen molar-refractivity contribution in [3.63, 3.8) is 0 Å². The summed E-state index contributed by atoms with van der Waals surface area (Å²) < 4.78 is 60.9. The van der Waals surface area contributed by atoms with Gasteiger partial charge in [0, 0.05) is 19.3 Å². The molecule has 0 aliphatic heterocycles. The molecule has 5 atom stereocenters. The fraction of sp³-hybridized carbons (Fsp3) is 0.720. The molecule has 0 aliphatic rings. The largest absolute Gasteiger partial charge is 0.472 e. The second-order valence-electron chi connectivity index (χ2n) is 24.0. The van der Waals surface area contributed by atoms with Crippen LogP contribution in [0.3, 0.4) is 0 Å². The summed E-state index contributed by atoms with van der Waals surface area (Å²) >= 11 is 0. The Bertz CT molecular complexity index is 2130. The van der Waals surface area contributed by atoms with Crippen LogP contribution in [0.25, 0.3) is 0 Å². The lowest BCUT2D eigenvalue weighted by Gasteiger charge is -2.21. The number of unbranched alkanes of at least 4 members (excludes halogenated alkanes) is 27. The number of carbonyl (C=O) groups is 3. The Kier molecular flexibility index (Phi) is 65.4. The predicted octanol–water partition coefficient (Wildman–Crippen LogP) is 20.4. The van der Waals surface area contributed by atoms with E-state index in [1.807, 2.05) is 0 Å². The molecule has 0 saturated carbocycles. The van der Waals surface area contributed by atoms with E-state index in [9.17, 15) is 43.5 Å². The number of carbonyl (C=O) groups excluding carboxylic acids is 3. The van der Waals surface area contributed by atoms with E-state index >= 15 is 0 Å². The van der Waals surface area contributed by atoms with Crippen LogP contribution in [0, 0.1) is 0 Å². The van der Waals surface area contributed by atoms with Crippen LogP contribution in [-0.2, 0) is 55.8 Å². The molecule has 0 aliphatic carbocycles. The Morgan fingerprint density at radius 1 is 0.312 bits per heavy atom. The highest BCUT2D eigenvalue weighted by atomic mass is 31.2. The van der Waals surface area contributed by atoms with Crippen molar-refractivity contribution >= 4 is 33.6 Å². The van der Waals surface area contributed by atoms with Gasteiger partial charge in [0.05, 0.1) is 26.4 Å². The van der Waals surface area contributed by atoms with Crippen LogP contribution in [0.1, 0.15) is 290 Å². The van der Waals surface area contributed by atoms with Crippen LogP contribution >= 0.6 is 15.6 Å². The lowest BCUT2D eigenvalue weighted by atomic mass is 10.1. The van der Waals surface area contributed by atoms with E-state index in [0.29, 0.717) is 19.3 Å². The molecule has 536 valence electrons. The molecule has 0 fully saturated rings. The van der Waals surface area contributed by atoms with Gasteiger partial charge in [-0.2, -0.15) is 0 Å². The van der Waals surface area contributed by atoms with Gasteiger partial charge in [0.15, 0.2) is 6.10 Å². The molecule has 16 nitrogen and oxygen atoms in total. The molecular weight excluding hydrogens is 1220 g/mol. The summed E-state index contributed by atoms with van der Waals surface area (Å²) in [6.45, 7) is 2.50. The third-order valence-electron chi connectivity index (χ3n) is 15.0. The number of esters is 3. The topological polar surface area (TPSA) is 231 Å². The highest BCUT2D eigenvalue weighted by Gasteiger charge is 2.29. The molecule has 18 heteroatoms. The second kappa shape index (κ2) is 68.2. The van der Waals surface area contributed by atoms with E-state index in [1.54, 1.807) is 0 Å². The molecule has 5 unspecified atom stereocenters. The van der Waals surface area contributed by atoms with Crippen LogP contribution in [0.4, 0.5) is 0 Å². The van der Waals surface area contributed by atoms with E-state index in [4.69, 9.17) is 32.3 Å². The first-order valence-electron chi connectivity index (χ1n) is 36.2. The van der Waals surface area contributed by atoms with Gasteiger partial charge in [0.2, 0.25) is 0 Å². The van der Waals surface area contributed by atoms with E-state index < -0.39 is 91.5 Å². The zero-order valence-corrected chi connectivity index (χ0v) is 59.9. The molecule has 93 heavy (non-hydrogen) atoms. The standard InChI is InChI=1S/C75H130O16P2/c1-4-7-10-13-16-19-22-24-26-28-30-32-34-36-38-40-42-44-47-49-52-55-58-61-73(78)85-64-70(76)65-87-92(81,82)88-66-71(77)67-89-93(83,84)90-69-72(91-75(80)63-60-57-54-51-46-21-18-15-12-9-6-3)68-86-74(79)62-59-56-53-50-48-45-43-41-39-37-35-33-31-29-27-25-23-20-17-14-11-8-5-2/h7,10,16-17,19-20,24-27,30-33,36-39,70-72,76-77H,4-6,8-9,11-15,18,21-23,28-29,34-35,40-69H2,1-3H3,(H,81,82)(H,83,84)/b10-7-,19-16-,20-17-,26-24-,27-25-,32-30-,33-31-,38-36-,39-37-. The summed E-state index contributed by atoms with van der Waals surface area (Å²) in [6.07, 6.45) is 77.1. The van der Waals surface area contributed by atoms with Crippen molar-refractivity contribution in [1.29, 1.82) is 0 Å². The molecule has 0 heterocycles. The Morgan fingerprint density at radius 2 is 0.570 bits per heavy atom. The first-order chi connectivity index (χ1) is 45.2. The van der Waals surface area contributed by atoms with Crippen molar-refractivity contribution in [2.24, 2.45) is 0 Å². The Balaban J connectivity index is 4.57. The smallest absolute Gasteiger partial charge is 0.463 e. The lowest BCUT2D eigenvalue weighted by molar-refractivity contribution is -0.161. The summed E-state index contributed by atoms with van der Waals surface area (Å²) in [5.41, 5.74) is 0. The summed E-state index contributed by atoms with van der Waals surface area (Å²) in [6, 6.07) is 0. The van der Waals surface area contributed by atoms with Gasteiger partial charge in [-0.05, 0) is 109 Å². The number of hydrogen-bond acceptors (Lipinski definition) is 14. The highest BCUT2D eigenvalue weighted by molar-refractivity contribution is 7.47. The van der Waals surface area contributed by atoms with Crippen molar-refractivity contribution in [3.8, 4) is 0 Å². The molecule has 0 radical (unpaired) electrons. The summed E-state index contributed by atoms with van der Waals surface area (Å²) in [5.74, 6) is -1.59. The minimum atomic E-state index is -4.93. The summed E-state index contributed by atoms with van der Waals surface area (Å²) in [4.78, 5) is 58.4. The third-order valence-corrected chi connectivity index (χ3v) is 16.9. The van der Waals surface area contributed by atoms with Gasteiger partial charge in [-0.3, -0.25) is 32.5 Å². The molecule has 0 aromatic rings. The summed E-state index contributed by atoms with van der Waals surface area (Å²) in [5, 5.41) is 20.6. The van der Waals surface area contributed by atoms with Gasteiger partial charge in [0.25, 0.3) is 0 Å². The molecule has 0 bridgehead atoms. The molecule has 4 N–H and O–H groups in total. The molecule has 0 rings (SSSR count). The van der Waals surface area contributed by atoms with Gasteiger partial charge >= 0.3 is 33.6 Å². The van der Waals surface area contributed by atoms with Crippen molar-refractivity contribution in [1.82, 2.24) is 0 Å². The Labute approximate surface area is 564 Å². The van der Waals surface area contributed by atoms with E-state index in [-0.39, 0.29) is 19.3 Å². The maximum absolute atomic E-state index is 12.9. The fourth-order valence-electron chi connectivity index (χ4n) is 9.46. The number of rotatable bonds is 68. The Morgan fingerprint density at radius 3 is 0.925 bits per heavy atom. The number of aliphatic hydroxyl groups excluding tert-OH is 2. The van der Waals surface area contributed by atoms with Crippen molar-refractivity contribution in [2.45, 2.75) is 309 Å². The van der Waals surface area contributed by atoms with Gasteiger partial charge in [-0.1, -0.05) is 271 Å². The zero-order valence-electron chi connectivity index (χ0n) is 58.1. The lowest BCUT2D eigenvalue weighted by Crippen LogP contribution is -2.30. The number of allylic oxidation sites excluding steroid dienone is 18. The number of phosphoric acid groups is 2. The van der Waals surface area contributed by atoms with Crippen LogP contribution in [0.2, 0.25) is 0 Å². The normalized spacial score (nSPS) is 14.8. The van der Waals surface area contributed by atoms with Crippen LogP contribution in [0.5, 0.6) is 0 Å². The maximum Gasteiger partial charge on any atom is 0.472 e. The van der Waals surface area contributed by atoms with Crippen LogP contribution < -0.4 is 0 Å². The van der Waals surface area contributed by atoms with E-state index in [0.717, 1.165) is 167 Å². The molecule has 0 aromatic heterocycles. The highest BCUT2D eigenvalue weighted by Crippen LogP contribution is 2.45. The minimum absolute atomic E-state index is 0.103. The SMILES string of the molecule is CC/C=C\C/C=C\C/C=C\C/C=C\C/C=C\CCCCCCCCCC(=O)OCC(O)COP(=O)(O)OCC(O)COP(=O)(O)OCC(COC(=O)CCCCCCCCC/C=C\C/C=C\C/C=C\C/C=C\CCCCC)OC(=O)CCCCCCCCCCCCC. The molecule has 0 amide bonds. The van der Waals surface area contributed by atoms with Gasteiger partial charge in [0.1, 0.15) is 25.4 Å². The van der Waals surface area contributed by atoms with Crippen molar-refractivity contribution in [3.05, 3.63) is 109 Å². The maximum atomic E-state index is 12.9. The third kappa shape index (κ3) is 69.4. The number of ether oxygens (including phenoxy) is 3. The first-order valence-corrected chi connectivity index (χ1v) is 39.2. The Hall–Kier alpha value is -3.79. The van der Waals surface area contributed by atoms with Crippen molar-refractivity contribution in [2.75, 3.05) is 39.6 Å². The second-order valence-corrected chi connectivity index (χ2v) is 26.9. The van der Waals surface area contributed by atoms with Crippen LogP contribution in [0.15, 0.2) is 109 Å². The number of aliphatic hydroxyl groups is 2. The first kappa shape index (κ1) is 89.2. The van der Waals surface area contributed by atoms with Crippen LogP contribution in [-0.4, -0.2) is 95.9 Å². The zero-order chi connectivity index (χ0) is 68.1. The molecular formula is C75H130O16P2. The van der Waals surface area contributed by atoms with Gasteiger partial charge < -0.3 is 34.2 Å². The average Bonchev–Trinajstić information content (AvgIpc) is 2.44. The predicted molar refractivity (Wildman–Crippen MR) is 380 cm³/mol. The van der Waals surface area contributed by atoms with Gasteiger partial charge in [-0.25, -0.2) is 9.13 Å². The van der Waals surface area contributed by atoms with E-state index in [2.05, 4.69) is 130 Å². The summed E-state index contributed by atoms with van der Waals surface area (Å²) in [7, 11) is -9.78. The molecule has 0 saturated heterocycles. The van der Waals surface area contributed by atoms with E-state index in [1.165, 1.54) is 64.2 Å².